The molecule has 5 heteroatoms. The quantitative estimate of drug-likeness (QED) is 0.722. The van der Waals surface area contributed by atoms with E-state index in [1.54, 1.807) is 6.33 Å². The number of benzene rings is 1. The van der Waals surface area contributed by atoms with Gasteiger partial charge in [0.25, 0.3) is 0 Å². The Balaban J connectivity index is 2.05. The van der Waals surface area contributed by atoms with Crippen molar-refractivity contribution in [2.75, 3.05) is 5.33 Å². The van der Waals surface area contributed by atoms with Crippen LogP contribution in [-0.2, 0) is 12.8 Å². The first-order valence-electron chi connectivity index (χ1n) is 6.79. The summed E-state index contributed by atoms with van der Waals surface area (Å²) in [7, 11) is 0. The molecule has 1 unspecified atom stereocenters. The van der Waals surface area contributed by atoms with Gasteiger partial charge >= 0.3 is 0 Å². The molecule has 3 nitrogen and oxygen atoms in total. The SMILES string of the molecule is CC(C)n1ncnc1CC(CBr)Cc1ccc(Cl)cc1. The van der Waals surface area contributed by atoms with E-state index in [1.165, 1.54) is 5.56 Å². The van der Waals surface area contributed by atoms with Crippen LogP contribution in [-0.4, -0.2) is 20.1 Å². The van der Waals surface area contributed by atoms with Crippen molar-refractivity contribution in [3.63, 3.8) is 0 Å². The average molecular weight is 357 g/mol. The second kappa shape index (κ2) is 7.23. The van der Waals surface area contributed by atoms with E-state index < -0.39 is 0 Å². The number of nitrogens with zero attached hydrogens (tertiary/aromatic N) is 3. The fraction of sp³-hybridized carbons (Fsp3) is 0.467. The Labute approximate surface area is 133 Å². The summed E-state index contributed by atoms with van der Waals surface area (Å²) < 4.78 is 2.00. The highest BCUT2D eigenvalue weighted by molar-refractivity contribution is 9.09. The van der Waals surface area contributed by atoms with Crippen molar-refractivity contribution in [1.82, 2.24) is 14.8 Å². The van der Waals surface area contributed by atoms with Crippen LogP contribution in [0.3, 0.4) is 0 Å². The molecule has 0 fully saturated rings. The number of hydrogen-bond acceptors (Lipinski definition) is 2. The predicted octanol–water partition coefficient (Wildman–Crippen LogP) is 4.31. The maximum atomic E-state index is 5.92. The van der Waals surface area contributed by atoms with Gasteiger partial charge in [-0.3, -0.25) is 0 Å². The first-order valence-corrected chi connectivity index (χ1v) is 8.29. The second-order valence-corrected chi connectivity index (χ2v) is 6.35. The van der Waals surface area contributed by atoms with Crippen LogP contribution in [0.4, 0.5) is 0 Å². The summed E-state index contributed by atoms with van der Waals surface area (Å²) in [5.41, 5.74) is 1.30. The summed E-state index contributed by atoms with van der Waals surface area (Å²) >= 11 is 9.53. The molecule has 0 N–H and O–H groups in total. The molecule has 0 aliphatic rings. The summed E-state index contributed by atoms with van der Waals surface area (Å²) in [6, 6.07) is 8.41. The van der Waals surface area contributed by atoms with Gasteiger partial charge in [0.05, 0.1) is 0 Å². The van der Waals surface area contributed by atoms with E-state index >= 15 is 0 Å². The van der Waals surface area contributed by atoms with Crippen molar-refractivity contribution < 1.29 is 0 Å². The van der Waals surface area contributed by atoms with Crippen LogP contribution < -0.4 is 0 Å². The first kappa shape index (κ1) is 15.5. The van der Waals surface area contributed by atoms with Gasteiger partial charge in [0.15, 0.2) is 0 Å². The highest BCUT2D eigenvalue weighted by atomic mass is 79.9. The zero-order chi connectivity index (χ0) is 14.5. The molecule has 2 aromatic rings. The van der Waals surface area contributed by atoms with E-state index in [0.29, 0.717) is 12.0 Å². The summed E-state index contributed by atoms with van der Waals surface area (Å²) in [6.45, 7) is 4.25. The highest BCUT2D eigenvalue weighted by Crippen LogP contribution is 2.19. The van der Waals surface area contributed by atoms with E-state index in [1.807, 2.05) is 16.8 Å². The van der Waals surface area contributed by atoms with Crippen molar-refractivity contribution in [2.45, 2.75) is 32.7 Å². The minimum absolute atomic E-state index is 0.346. The standard InChI is InChI=1S/C15H19BrClN3/c1-11(2)20-15(18-10-19-20)8-13(9-16)7-12-3-5-14(17)6-4-12/h3-6,10-11,13H,7-9H2,1-2H3. The van der Waals surface area contributed by atoms with Gasteiger partial charge in [-0.2, -0.15) is 5.10 Å². The number of rotatable bonds is 6. The van der Waals surface area contributed by atoms with Crippen LogP contribution in [0.25, 0.3) is 0 Å². The van der Waals surface area contributed by atoms with Gasteiger partial charge in [-0.1, -0.05) is 39.7 Å². The predicted molar refractivity (Wildman–Crippen MR) is 86.6 cm³/mol. The van der Waals surface area contributed by atoms with Gasteiger partial charge < -0.3 is 0 Å². The number of hydrogen-bond donors (Lipinski definition) is 0. The van der Waals surface area contributed by atoms with Crippen molar-refractivity contribution in [3.05, 3.63) is 47.0 Å². The average Bonchev–Trinajstić information content (AvgIpc) is 2.88. The Morgan fingerprint density at radius 3 is 2.50 bits per heavy atom. The van der Waals surface area contributed by atoms with Gasteiger partial charge in [0.1, 0.15) is 12.2 Å². The molecular formula is C15H19BrClN3. The monoisotopic (exact) mass is 355 g/mol. The molecule has 20 heavy (non-hydrogen) atoms. The third-order valence-electron chi connectivity index (χ3n) is 3.26. The van der Waals surface area contributed by atoms with Crippen molar-refractivity contribution >= 4 is 27.5 Å². The molecule has 0 amide bonds. The molecule has 1 atom stereocenters. The molecule has 0 saturated heterocycles. The van der Waals surface area contributed by atoms with Crippen molar-refractivity contribution in [2.24, 2.45) is 5.92 Å². The van der Waals surface area contributed by atoms with Crippen molar-refractivity contribution in [1.29, 1.82) is 0 Å². The maximum Gasteiger partial charge on any atom is 0.138 e. The Kier molecular flexibility index (Phi) is 5.61. The molecule has 0 aliphatic carbocycles. The van der Waals surface area contributed by atoms with Crippen LogP contribution in [0, 0.1) is 5.92 Å². The van der Waals surface area contributed by atoms with Gasteiger partial charge in [-0.05, 0) is 43.9 Å². The van der Waals surface area contributed by atoms with Crippen LogP contribution in [0.2, 0.25) is 5.02 Å². The third-order valence-corrected chi connectivity index (χ3v) is 4.43. The lowest BCUT2D eigenvalue weighted by Crippen LogP contribution is -2.16. The molecule has 0 aliphatic heterocycles. The molecule has 0 bridgehead atoms. The first-order chi connectivity index (χ1) is 9.60. The van der Waals surface area contributed by atoms with Gasteiger partial charge in [0.2, 0.25) is 0 Å². The van der Waals surface area contributed by atoms with Crippen molar-refractivity contribution in [3.8, 4) is 0 Å². The summed E-state index contributed by atoms with van der Waals surface area (Å²) in [6.07, 6.45) is 3.57. The van der Waals surface area contributed by atoms with Crippen LogP contribution in [0.1, 0.15) is 31.3 Å². The lowest BCUT2D eigenvalue weighted by Gasteiger charge is -2.16. The maximum absolute atomic E-state index is 5.92. The lowest BCUT2D eigenvalue weighted by atomic mass is 9.97. The van der Waals surface area contributed by atoms with E-state index in [0.717, 1.165) is 29.0 Å². The van der Waals surface area contributed by atoms with E-state index in [2.05, 4.69) is 52.0 Å². The lowest BCUT2D eigenvalue weighted by molar-refractivity contribution is 0.473. The molecule has 1 aromatic heterocycles. The molecule has 1 aromatic carbocycles. The highest BCUT2D eigenvalue weighted by Gasteiger charge is 2.15. The van der Waals surface area contributed by atoms with E-state index in [9.17, 15) is 0 Å². The van der Waals surface area contributed by atoms with Crippen LogP contribution >= 0.6 is 27.5 Å². The number of halogens is 2. The van der Waals surface area contributed by atoms with E-state index in [-0.39, 0.29) is 0 Å². The summed E-state index contributed by atoms with van der Waals surface area (Å²) in [4.78, 5) is 4.39. The smallest absolute Gasteiger partial charge is 0.138 e. The minimum atomic E-state index is 0.346. The summed E-state index contributed by atoms with van der Waals surface area (Å²) in [5, 5.41) is 6.02. The van der Waals surface area contributed by atoms with Crippen LogP contribution in [0.5, 0.6) is 0 Å². The Hall–Kier alpha value is -0.870. The number of aromatic nitrogens is 3. The Morgan fingerprint density at radius 2 is 1.90 bits per heavy atom. The Morgan fingerprint density at radius 1 is 1.20 bits per heavy atom. The zero-order valence-corrected chi connectivity index (χ0v) is 14.1. The van der Waals surface area contributed by atoms with E-state index in [4.69, 9.17) is 11.6 Å². The molecule has 1 heterocycles. The normalized spacial score (nSPS) is 12.8. The number of alkyl halides is 1. The molecule has 0 saturated carbocycles. The van der Waals surface area contributed by atoms with Gasteiger partial charge in [-0.25, -0.2) is 9.67 Å². The topological polar surface area (TPSA) is 30.7 Å². The van der Waals surface area contributed by atoms with Crippen LogP contribution in [0.15, 0.2) is 30.6 Å². The zero-order valence-electron chi connectivity index (χ0n) is 11.8. The molecule has 0 spiro atoms. The molecule has 0 radical (unpaired) electrons. The molecule has 108 valence electrons. The van der Waals surface area contributed by atoms with Gasteiger partial charge in [0, 0.05) is 22.8 Å². The molecule has 2 rings (SSSR count). The fourth-order valence-electron chi connectivity index (χ4n) is 2.24. The molecular weight excluding hydrogens is 338 g/mol. The minimum Gasteiger partial charge on any atom is -0.248 e. The largest absolute Gasteiger partial charge is 0.248 e. The third kappa shape index (κ3) is 4.06. The Bertz CT molecular complexity index is 536. The van der Waals surface area contributed by atoms with Gasteiger partial charge in [-0.15, -0.1) is 0 Å². The second-order valence-electron chi connectivity index (χ2n) is 5.27. The summed E-state index contributed by atoms with van der Waals surface area (Å²) in [5.74, 6) is 1.55. The fourth-order valence-corrected chi connectivity index (χ4v) is 2.83.